The highest BCUT2D eigenvalue weighted by Gasteiger charge is 2.33. The van der Waals surface area contributed by atoms with E-state index < -0.39 is 11.3 Å². The normalized spacial score (nSPS) is 13.0. The van der Waals surface area contributed by atoms with Crippen molar-refractivity contribution in [3.63, 3.8) is 0 Å². The lowest BCUT2D eigenvalue weighted by Gasteiger charge is -2.25. The number of aryl methyl sites for hydroxylation is 1. The van der Waals surface area contributed by atoms with Gasteiger partial charge < -0.3 is 10.6 Å². The monoisotopic (exact) mass is 455 g/mol. The highest BCUT2D eigenvalue weighted by Crippen LogP contribution is 2.33. The molecule has 6 nitrogen and oxygen atoms in total. The number of carbonyl (C=O) groups excluding carboxylic acids is 1. The van der Waals surface area contributed by atoms with E-state index in [4.69, 9.17) is 0 Å². The number of aromatic nitrogens is 2. The minimum absolute atomic E-state index is 0.247. The molecule has 0 aliphatic carbocycles. The topological polar surface area (TPSA) is 79.3 Å². The molecule has 2 rings (SSSR count). The molecule has 0 radical (unpaired) electrons. The van der Waals surface area contributed by atoms with Gasteiger partial charge >= 0.3 is 0 Å². The van der Waals surface area contributed by atoms with Gasteiger partial charge in [0.25, 0.3) is 5.92 Å². The van der Waals surface area contributed by atoms with Crippen LogP contribution in [0.2, 0.25) is 0 Å². The molecular weight excluding hydrogens is 424 g/mol. The number of benzene rings is 1. The molecule has 33 heavy (non-hydrogen) atoms. The molecule has 1 aromatic carbocycles. The lowest BCUT2D eigenvalue weighted by Crippen LogP contribution is -2.33. The van der Waals surface area contributed by atoms with Crippen molar-refractivity contribution < 1.29 is 13.6 Å². The van der Waals surface area contributed by atoms with Crippen molar-refractivity contribution >= 4 is 17.4 Å². The number of amidine groups is 1. The van der Waals surface area contributed by atoms with Crippen LogP contribution >= 0.6 is 0 Å². The third-order valence-electron chi connectivity index (χ3n) is 5.36. The summed E-state index contributed by atoms with van der Waals surface area (Å²) in [5.74, 6) is -2.62. The second-order valence-corrected chi connectivity index (χ2v) is 8.19. The average Bonchev–Trinajstić information content (AvgIpc) is 2.79. The lowest BCUT2D eigenvalue weighted by atomic mass is 9.87. The first-order chi connectivity index (χ1) is 15.5. The predicted octanol–water partition coefficient (Wildman–Crippen LogP) is 5.63. The fourth-order valence-electron chi connectivity index (χ4n) is 2.95. The Hall–Kier alpha value is -3.42. The summed E-state index contributed by atoms with van der Waals surface area (Å²) in [4.78, 5) is 25.7. The van der Waals surface area contributed by atoms with Crippen molar-refractivity contribution in [3.05, 3.63) is 66.3 Å². The zero-order valence-corrected chi connectivity index (χ0v) is 20.0. The molecule has 0 saturated heterocycles. The van der Waals surface area contributed by atoms with Gasteiger partial charge in [-0.15, -0.1) is 0 Å². The van der Waals surface area contributed by atoms with Gasteiger partial charge in [-0.3, -0.25) is 9.78 Å². The molecule has 0 saturated carbocycles. The van der Waals surface area contributed by atoms with Gasteiger partial charge in [0.1, 0.15) is 5.69 Å². The Morgan fingerprint density at radius 3 is 2.55 bits per heavy atom. The molecule has 8 heteroatoms. The standard InChI is InChI=1S/C25H31F2N5O/c1-8-10-21(30-17(4)28-7)24(5,6)23(33)32-19-12-11-18(13-16(19)3)20-14-29-15-22(31-20)25(26,27)9-2/h8,10-15H,1,9H2,2-7H3,(H,28,30)(H,32,33)/b21-10-. The Balaban J connectivity index is 2.32. The van der Waals surface area contributed by atoms with Crippen LogP contribution in [0.4, 0.5) is 14.5 Å². The van der Waals surface area contributed by atoms with Crippen molar-refractivity contribution in [1.29, 1.82) is 0 Å². The number of hydrogen-bond acceptors (Lipinski definition) is 4. The number of halogens is 2. The number of nitrogens with one attached hydrogen (secondary N) is 2. The summed E-state index contributed by atoms with van der Waals surface area (Å²) in [6.07, 6.45) is 5.47. The molecule has 0 bridgehead atoms. The van der Waals surface area contributed by atoms with E-state index >= 15 is 0 Å². The van der Waals surface area contributed by atoms with E-state index in [1.807, 2.05) is 13.8 Å². The van der Waals surface area contributed by atoms with Gasteiger partial charge in [-0.2, -0.15) is 8.78 Å². The van der Waals surface area contributed by atoms with E-state index in [1.54, 1.807) is 51.2 Å². The summed E-state index contributed by atoms with van der Waals surface area (Å²) in [5, 5.41) is 5.89. The van der Waals surface area contributed by atoms with Crippen LogP contribution in [0.15, 0.2) is 60.0 Å². The van der Waals surface area contributed by atoms with E-state index in [0.717, 1.165) is 11.8 Å². The van der Waals surface area contributed by atoms with Crippen molar-refractivity contribution in [2.45, 2.75) is 47.0 Å². The number of carbonyl (C=O) groups is 1. The maximum Gasteiger partial charge on any atom is 0.290 e. The molecule has 1 aromatic heterocycles. The van der Waals surface area contributed by atoms with Crippen LogP contribution < -0.4 is 10.6 Å². The maximum atomic E-state index is 14.0. The number of alkyl halides is 2. The van der Waals surface area contributed by atoms with Gasteiger partial charge in [-0.05, 0) is 51.5 Å². The van der Waals surface area contributed by atoms with E-state index in [-0.39, 0.29) is 18.0 Å². The molecule has 0 aliphatic rings. The molecule has 0 aliphatic heterocycles. The average molecular weight is 456 g/mol. The van der Waals surface area contributed by atoms with Crippen LogP contribution in [0.3, 0.4) is 0 Å². The highest BCUT2D eigenvalue weighted by atomic mass is 19.3. The number of hydrogen-bond donors (Lipinski definition) is 2. The summed E-state index contributed by atoms with van der Waals surface area (Å²) in [7, 11) is 1.76. The van der Waals surface area contributed by atoms with Gasteiger partial charge in [-0.1, -0.05) is 25.6 Å². The fourth-order valence-corrected chi connectivity index (χ4v) is 2.95. The summed E-state index contributed by atoms with van der Waals surface area (Å²) in [5.41, 5.74) is 1.59. The van der Waals surface area contributed by atoms with Crippen molar-refractivity contribution in [1.82, 2.24) is 15.3 Å². The summed E-state index contributed by atoms with van der Waals surface area (Å²) in [6, 6.07) is 5.23. The van der Waals surface area contributed by atoms with Crippen LogP contribution in [-0.4, -0.2) is 28.8 Å². The van der Waals surface area contributed by atoms with Crippen molar-refractivity contribution in [2.75, 3.05) is 12.4 Å². The van der Waals surface area contributed by atoms with Crippen LogP contribution in [0.1, 0.15) is 45.4 Å². The minimum atomic E-state index is -3.04. The smallest absolute Gasteiger partial charge is 0.290 e. The molecule has 0 fully saturated rings. The second kappa shape index (κ2) is 10.5. The zero-order valence-electron chi connectivity index (χ0n) is 20.0. The molecule has 0 unspecified atom stereocenters. The van der Waals surface area contributed by atoms with Crippen LogP contribution in [-0.2, 0) is 10.7 Å². The summed E-state index contributed by atoms with van der Waals surface area (Å²) < 4.78 is 28.1. The van der Waals surface area contributed by atoms with Crippen molar-refractivity contribution in [3.8, 4) is 11.3 Å². The van der Waals surface area contributed by atoms with E-state index in [2.05, 4.69) is 32.2 Å². The number of nitrogens with zero attached hydrogens (tertiary/aromatic N) is 3. The molecule has 2 N–H and O–H groups in total. The third kappa shape index (κ3) is 6.09. The predicted molar refractivity (Wildman–Crippen MR) is 129 cm³/mol. The molecular formula is C25H31F2N5O. The molecule has 0 atom stereocenters. The number of anilines is 1. The molecule has 2 aromatic rings. The SMILES string of the molecule is C=C/C=C(\N=C(/C)NC)C(C)(C)C(=O)Nc1ccc(-c2cncc(C(F)(F)CC)n2)cc1C. The first kappa shape index (κ1) is 25.8. The summed E-state index contributed by atoms with van der Waals surface area (Å²) in [6.45, 7) is 12.3. The zero-order chi connectivity index (χ0) is 24.8. The molecule has 0 spiro atoms. The van der Waals surface area contributed by atoms with E-state index in [1.165, 1.54) is 13.1 Å². The van der Waals surface area contributed by atoms with E-state index in [0.29, 0.717) is 28.5 Å². The third-order valence-corrected chi connectivity index (χ3v) is 5.36. The fraction of sp³-hybridized carbons (Fsp3) is 0.360. The largest absolute Gasteiger partial charge is 0.377 e. The van der Waals surface area contributed by atoms with E-state index in [9.17, 15) is 13.6 Å². The minimum Gasteiger partial charge on any atom is -0.377 e. The number of amides is 1. The van der Waals surface area contributed by atoms with Gasteiger partial charge in [0.15, 0.2) is 0 Å². The Morgan fingerprint density at radius 2 is 1.97 bits per heavy atom. The van der Waals surface area contributed by atoms with Crippen molar-refractivity contribution in [2.24, 2.45) is 10.4 Å². The summed E-state index contributed by atoms with van der Waals surface area (Å²) >= 11 is 0. The van der Waals surface area contributed by atoms with Gasteiger partial charge in [0.05, 0.1) is 35.0 Å². The first-order valence-electron chi connectivity index (χ1n) is 10.6. The van der Waals surface area contributed by atoms with Crippen LogP contribution in [0.25, 0.3) is 11.3 Å². The first-order valence-corrected chi connectivity index (χ1v) is 10.6. The lowest BCUT2D eigenvalue weighted by molar-refractivity contribution is -0.122. The molecule has 1 amide bonds. The number of rotatable bonds is 8. The highest BCUT2D eigenvalue weighted by molar-refractivity contribution is 5.98. The Labute approximate surface area is 194 Å². The van der Waals surface area contributed by atoms with Gasteiger partial charge in [0, 0.05) is 24.7 Å². The second-order valence-electron chi connectivity index (χ2n) is 8.19. The molecule has 176 valence electrons. The maximum absolute atomic E-state index is 14.0. The quantitative estimate of drug-likeness (QED) is 0.307. The Kier molecular flexibility index (Phi) is 8.19. The van der Waals surface area contributed by atoms with Gasteiger partial charge in [-0.25, -0.2) is 9.98 Å². The number of aliphatic imine (C=N–C) groups is 1. The Bertz CT molecular complexity index is 1090. The molecule has 1 heterocycles. The number of allylic oxidation sites excluding steroid dienone is 2. The van der Waals surface area contributed by atoms with Crippen LogP contribution in [0.5, 0.6) is 0 Å². The Morgan fingerprint density at radius 1 is 1.27 bits per heavy atom. The van der Waals surface area contributed by atoms with Crippen LogP contribution in [0, 0.1) is 12.3 Å². The van der Waals surface area contributed by atoms with Gasteiger partial charge in [0.2, 0.25) is 5.91 Å².